The second-order valence-corrected chi connectivity index (χ2v) is 6.08. The first-order valence-electron chi connectivity index (χ1n) is 9.22. The molecule has 0 aliphatic carbocycles. The molecule has 2 aromatic rings. The van der Waals surface area contributed by atoms with Crippen LogP contribution < -0.4 is 29.6 Å². The first kappa shape index (κ1) is 22.6. The number of methoxy groups -OCH3 is 4. The Balaban J connectivity index is 2.22. The highest BCUT2D eigenvalue weighted by molar-refractivity contribution is 6.03. The van der Waals surface area contributed by atoms with E-state index in [4.69, 9.17) is 18.9 Å². The van der Waals surface area contributed by atoms with Gasteiger partial charge in [-0.1, -0.05) is 6.92 Å². The van der Waals surface area contributed by atoms with Crippen molar-refractivity contribution in [2.75, 3.05) is 39.1 Å². The molecule has 2 rings (SSSR count). The molecule has 2 N–H and O–H groups in total. The largest absolute Gasteiger partial charge is 0.496 e. The number of hydrogen-bond acceptors (Lipinski definition) is 6. The fourth-order valence-corrected chi connectivity index (χ4v) is 2.66. The van der Waals surface area contributed by atoms with Crippen LogP contribution in [0.5, 0.6) is 23.0 Å². The van der Waals surface area contributed by atoms with Crippen LogP contribution in [0.1, 0.15) is 18.9 Å². The molecule has 0 radical (unpaired) electrons. The Morgan fingerprint density at radius 3 is 2.03 bits per heavy atom. The molecule has 0 aromatic heterocycles. The van der Waals surface area contributed by atoms with Crippen molar-refractivity contribution in [3.8, 4) is 23.0 Å². The van der Waals surface area contributed by atoms with Crippen LogP contribution in [-0.2, 0) is 9.59 Å². The fraction of sp³-hybridized carbons (Fsp3) is 0.273. The van der Waals surface area contributed by atoms with Gasteiger partial charge in [0.15, 0.2) is 0 Å². The van der Waals surface area contributed by atoms with Crippen LogP contribution in [0.4, 0.5) is 11.4 Å². The predicted octanol–water partition coefficient (Wildman–Crippen LogP) is 3.72. The monoisotopic (exact) mass is 414 g/mol. The van der Waals surface area contributed by atoms with Crippen LogP contribution in [0.15, 0.2) is 36.4 Å². The van der Waals surface area contributed by atoms with Crippen LogP contribution in [0.3, 0.4) is 0 Å². The Bertz CT molecular complexity index is 914. The fourth-order valence-electron chi connectivity index (χ4n) is 2.66. The number of anilines is 2. The zero-order chi connectivity index (χ0) is 22.1. The highest BCUT2D eigenvalue weighted by Crippen LogP contribution is 2.35. The molecule has 8 nitrogen and oxygen atoms in total. The van der Waals surface area contributed by atoms with Gasteiger partial charge in [0.2, 0.25) is 11.8 Å². The quantitative estimate of drug-likeness (QED) is 0.607. The number of amides is 2. The molecule has 0 atom stereocenters. The van der Waals surface area contributed by atoms with Gasteiger partial charge in [-0.05, 0) is 24.3 Å². The predicted molar refractivity (Wildman–Crippen MR) is 116 cm³/mol. The van der Waals surface area contributed by atoms with Crippen LogP contribution in [-0.4, -0.2) is 40.3 Å². The summed E-state index contributed by atoms with van der Waals surface area (Å²) in [5, 5.41) is 5.50. The minimum atomic E-state index is -0.368. The van der Waals surface area contributed by atoms with Gasteiger partial charge in [-0.25, -0.2) is 0 Å². The zero-order valence-corrected chi connectivity index (χ0v) is 17.7. The summed E-state index contributed by atoms with van der Waals surface area (Å²) in [4.78, 5) is 24.1. The smallest absolute Gasteiger partial charge is 0.248 e. The van der Waals surface area contributed by atoms with E-state index in [1.54, 1.807) is 50.4 Å². The van der Waals surface area contributed by atoms with Crippen molar-refractivity contribution in [2.45, 2.75) is 13.3 Å². The molecule has 0 heterocycles. The Morgan fingerprint density at radius 1 is 0.867 bits per heavy atom. The lowest BCUT2D eigenvalue weighted by Gasteiger charge is -2.13. The highest BCUT2D eigenvalue weighted by Gasteiger charge is 2.12. The van der Waals surface area contributed by atoms with Crippen LogP contribution in [0, 0.1) is 0 Å². The van der Waals surface area contributed by atoms with Gasteiger partial charge < -0.3 is 29.6 Å². The lowest BCUT2D eigenvalue weighted by molar-refractivity contribution is -0.116. The van der Waals surface area contributed by atoms with E-state index in [0.29, 0.717) is 46.4 Å². The number of carbonyl (C=O) groups excluding carboxylic acids is 2. The van der Waals surface area contributed by atoms with Gasteiger partial charge in [0, 0.05) is 30.3 Å². The molecule has 30 heavy (non-hydrogen) atoms. The molecule has 0 saturated heterocycles. The number of hydrogen-bond donors (Lipinski definition) is 2. The average Bonchev–Trinajstić information content (AvgIpc) is 2.77. The summed E-state index contributed by atoms with van der Waals surface area (Å²) >= 11 is 0. The van der Waals surface area contributed by atoms with Crippen molar-refractivity contribution in [2.24, 2.45) is 0 Å². The summed E-state index contributed by atoms with van der Waals surface area (Å²) in [5.74, 6) is 1.56. The summed E-state index contributed by atoms with van der Waals surface area (Å²) in [6.07, 6.45) is 3.28. The van der Waals surface area contributed by atoms with Gasteiger partial charge in [0.05, 0.1) is 39.7 Å². The molecule has 0 unspecified atom stereocenters. The summed E-state index contributed by atoms with van der Waals surface area (Å²) in [6.45, 7) is 1.75. The molecule has 160 valence electrons. The second-order valence-electron chi connectivity index (χ2n) is 6.08. The topological polar surface area (TPSA) is 95.1 Å². The van der Waals surface area contributed by atoms with Gasteiger partial charge >= 0.3 is 0 Å². The second kappa shape index (κ2) is 10.8. The van der Waals surface area contributed by atoms with Crippen LogP contribution >= 0.6 is 0 Å². The van der Waals surface area contributed by atoms with E-state index in [1.165, 1.54) is 27.4 Å². The maximum absolute atomic E-state index is 12.4. The van der Waals surface area contributed by atoms with Crippen LogP contribution in [0.2, 0.25) is 0 Å². The van der Waals surface area contributed by atoms with Crippen LogP contribution in [0.25, 0.3) is 6.08 Å². The van der Waals surface area contributed by atoms with Crippen molar-refractivity contribution in [3.63, 3.8) is 0 Å². The highest BCUT2D eigenvalue weighted by atomic mass is 16.5. The summed E-state index contributed by atoms with van der Waals surface area (Å²) in [6, 6.07) is 8.38. The van der Waals surface area contributed by atoms with Gasteiger partial charge in [0.1, 0.15) is 23.0 Å². The Kier molecular flexibility index (Phi) is 8.10. The standard InChI is InChI=1S/C22H26N2O6/c1-6-21(25)24-17-11-14(7-9-18(17)28-3)23-22(26)10-8-16-19(29-4)12-15(27-2)13-20(16)30-5/h7-13H,6H2,1-5H3,(H,23,26)(H,24,25)/b10-8+. The van der Waals surface area contributed by atoms with Gasteiger partial charge in [-0.15, -0.1) is 0 Å². The number of nitrogens with one attached hydrogen (secondary N) is 2. The van der Waals surface area contributed by atoms with Gasteiger partial charge in [0.25, 0.3) is 0 Å². The number of benzene rings is 2. The number of ether oxygens (including phenoxy) is 4. The maximum atomic E-state index is 12.4. The third kappa shape index (κ3) is 5.66. The molecular weight excluding hydrogens is 388 g/mol. The van der Waals surface area contributed by atoms with E-state index in [-0.39, 0.29) is 11.8 Å². The normalized spacial score (nSPS) is 10.4. The zero-order valence-electron chi connectivity index (χ0n) is 17.7. The third-order valence-corrected chi connectivity index (χ3v) is 4.22. The molecule has 0 saturated carbocycles. The Labute approximate surface area is 175 Å². The molecule has 0 bridgehead atoms. The lowest BCUT2D eigenvalue weighted by atomic mass is 10.1. The van der Waals surface area contributed by atoms with Crippen molar-refractivity contribution >= 4 is 29.3 Å². The minimum absolute atomic E-state index is 0.157. The summed E-state index contributed by atoms with van der Waals surface area (Å²) in [5.41, 5.74) is 1.58. The Morgan fingerprint density at radius 2 is 1.50 bits per heavy atom. The number of carbonyl (C=O) groups is 2. The molecule has 0 aliphatic heterocycles. The molecule has 8 heteroatoms. The summed E-state index contributed by atoms with van der Waals surface area (Å²) in [7, 11) is 6.10. The first-order chi connectivity index (χ1) is 14.4. The van der Waals surface area contributed by atoms with Crippen molar-refractivity contribution in [3.05, 3.63) is 42.0 Å². The minimum Gasteiger partial charge on any atom is -0.496 e. The van der Waals surface area contributed by atoms with Gasteiger partial charge in [-0.2, -0.15) is 0 Å². The molecular formula is C22H26N2O6. The van der Waals surface area contributed by atoms with E-state index >= 15 is 0 Å². The van der Waals surface area contributed by atoms with E-state index in [0.717, 1.165) is 0 Å². The van der Waals surface area contributed by atoms with Crippen molar-refractivity contribution in [1.82, 2.24) is 0 Å². The van der Waals surface area contributed by atoms with E-state index in [1.807, 2.05) is 0 Å². The van der Waals surface area contributed by atoms with E-state index < -0.39 is 0 Å². The van der Waals surface area contributed by atoms with Gasteiger partial charge in [-0.3, -0.25) is 9.59 Å². The third-order valence-electron chi connectivity index (χ3n) is 4.22. The van der Waals surface area contributed by atoms with E-state index in [9.17, 15) is 9.59 Å². The van der Waals surface area contributed by atoms with Crippen molar-refractivity contribution in [1.29, 1.82) is 0 Å². The van der Waals surface area contributed by atoms with E-state index in [2.05, 4.69) is 10.6 Å². The molecule has 0 aliphatic rings. The molecule has 0 fully saturated rings. The molecule has 0 spiro atoms. The first-order valence-corrected chi connectivity index (χ1v) is 9.22. The van der Waals surface area contributed by atoms with Crippen molar-refractivity contribution < 1.29 is 28.5 Å². The molecule has 2 amide bonds. The molecule has 2 aromatic carbocycles. The lowest BCUT2D eigenvalue weighted by Crippen LogP contribution is -2.12. The average molecular weight is 414 g/mol. The number of rotatable bonds is 9. The summed E-state index contributed by atoms with van der Waals surface area (Å²) < 4.78 is 21.2. The SMILES string of the molecule is CCC(=O)Nc1cc(NC(=O)/C=C/c2c(OC)cc(OC)cc2OC)ccc1OC. The maximum Gasteiger partial charge on any atom is 0.248 e. The Hall–Kier alpha value is -3.68.